The van der Waals surface area contributed by atoms with Crippen LogP contribution in [-0.4, -0.2) is 17.6 Å². The first-order valence-electron chi connectivity index (χ1n) is 5.44. The van der Waals surface area contributed by atoms with E-state index in [0.717, 1.165) is 6.07 Å². The molecule has 2 unspecified atom stereocenters. The van der Waals surface area contributed by atoms with Gasteiger partial charge in [0.25, 0.3) is 0 Å². The van der Waals surface area contributed by atoms with Gasteiger partial charge in [0.15, 0.2) is 11.6 Å². The molecule has 0 amide bonds. The summed E-state index contributed by atoms with van der Waals surface area (Å²) >= 11 is 0. The molecule has 0 fully saturated rings. The van der Waals surface area contributed by atoms with Crippen LogP contribution < -0.4 is 5.73 Å². The summed E-state index contributed by atoms with van der Waals surface area (Å²) in [7, 11) is 0. The van der Waals surface area contributed by atoms with Crippen LogP contribution in [0.2, 0.25) is 0 Å². The summed E-state index contributed by atoms with van der Waals surface area (Å²) in [5.74, 6) is -5.94. The van der Waals surface area contributed by atoms with Gasteiger partial charge in [0.2, 0.25) is 0 Å². The lowest BCUT2D eigenvalue weighted by molar-refractivity contribution is -0.141. The van der Waals surface area contributed by atoms with Crippen LogP contribution in [0, 0.1) is 23.4 Å². The predicted octanol–water partition coefficient (Wildman–Crippen LogP) is 2.26. The van der Waals surface area contributed by atoms with Crippen molar-refractivity contribution in [2.45, 2.75) is 19.3 Å². The number of hydrogen-bond acceptors (Lipinski definition) is 2. The zero-order valence-corrected chi connectivity index (χ0v) is 9.79. The minimum absolute atomic E-state index is 0.0195. The van der Waals surface area contributed by atoms with Crippen LogP contribution in [-0.2, 0) is 4.79 Å². The molecule has 0 saturated heterocycles. The minimum atomic E-state index is -1.28. The first-order valence-corrected chi connectivity index (χ1v) is 5.44. The monoisotopic (exact) mass is 261 g/mol. The maximum Gasteiger partial charge on any atom is 0.307 e. The van der Waals surface area contributed by atoms with Crippen molar-refractivity contribution in [1.82, 2.24) is 0 Å². The minimum Gasteiger partial charge on any atom is -0.481 e. The number of hydrogen-bond donors (Lipinski definition) is 2. The van der Waals surface area contributed by atoms with Gasteiger partial charge in [-0.15, -0.1) is 0 Å². The molecule has 2 atom stereocenters. The summed E-state index contributed by atoms with van der Waals surface area (Å²) < 4.78 is 39.5. The van der Waals surface area contributed by atoms with Crippen LogP contribution in [0.1, 0.15) is 24.8 Å². The molecule has 0 aromatic heterocycles. The smallest absolute Gasteiger partial charge is 0.307 e. The van der Waals surface area contributed by atoms with E-state index in [1.165, 1.54) is 6.92 Å². The van der Waals surface area contributed by atoms with Crippen LogP contribution in [0.5, 0.6) is 0 Å². The second-order valence-electron chi connectivity index (χ2n) is 4.20. The Kier molecular flexibility index (Phi) is 4.72. The Hall–Kier alpha value is -1.56. The van der Waals surface area contributed by atoms with E-state index in [0.29, 0.717) is 6.07 Å². The average molecular weight is 261 g/mol. The lowest BCUT2D eigenvalue weighted by Crippen LogP contribution is -2.25. The summed E-state index contributed by atoms with van der Waals surface area (Å²) in [6.45, 7) is 1.39. The standard InChI is InChI=1S/C12H14F3NO2/c1-6(2-7(5-16)12(17)18)9-3-8(13)4-10(14)11(9)15/h3-4,6-7H,2,5,16H2,1H3,(H,17,18). The summed E-state index contributed by atoms with van der Waals surface area (Å²) in [6, 6.07) is 1.32. The van der Waals surface area contributed by atoms with Gasteiger partial charge in [-0.25, -0.2) is 13.2 Å². The fourth-order valence-electron chi connectivity index (χ4n) is 1.79. The van der Waals surface area contributed by atoms with Crippen molar-refractivity contribution in [3.8, 4) is 0 Å². The Labute approximate surface area is 102 Å². The second kappa shape index (κ2) is 5.86. The highest BCUT2D eigenvalue weighted by Crippen LogP contribution is 2.27. The molecule has 1 aromatic rings. The largest absolute Gasteiger partial charge is 0.481 e. The fraction of sp³-hybridized carbons (Fsp3) is 0.417. The van der Waals surface area contributed by atoms with Gasteiger partial charge in [0.05, 0.1) is 5.92 Å². The van der Waals surface area contributed by atoms with Gasteiger partial charge in [-0.3, -0.25) is 4.79 Å². The van der Waals surface area contributed by atoms with E-state index < -0.39 is 35.3 Å². The highest BCUT2D eigenvalue weighted by atomic mass is 19.2. The molecule has 0 heterocycles. The SMILES string of the molecule is CC(CC(CN)C(=O)O)c1cc(F)cc(F)c1F. The molecule has 3 N–H and O–H groups in total. The molecule has 0 bridgehead atoms. The topological polar surface area (TPSA) is 63.3 Å². The number of carbonyl (C=O) groups is 1. The van der Waals surface area contributed by atoms with Crippen LogP contribution in [0.15, 0.2) is 12.1 Å². The van der Waals surface area contributed by atoms with Crippen LogP contribution in [0.4, 0.5) is 13.2 Å². The van der Waals surface area contributed by atoms with E-state index in [2.05, 4.69) is 0 Å². The molecule has 1 rings (SSSR count). The number of benzene rings is 1. The fourth-order valence-corrected chi connectivity index (χ4v) is 1.79. The van der Waals surface area contributed by atoms with Crippen molar-refractivity contribution in [2.75, 3.05) is 6.54 Å². The molecule has 0 aliphatic heterocycles. The first kappa shape index (κ1) is 14.5. The third-order valence-electron chi connectivity index (χ3n) is 2.82. The molecule has 0 radical (unpaired) electrons. The average Bonchev–Trinajstić information content (AvgIpc) is 2.29. The van der Waals surface area contributed by atoms with Gasteiger partial charge in [-0.1, -0.05) is 6.92 Å². The highest BCUT2D eigenvalue weighted by molar-refractivity contribution is 5.70. The molecular formula is C12H14F3NO2. The van der Waals surface area contributed by atoms with Crippen molar-refractivity contribution in [2.24, 2.45) is 11.7 Å². The van der Waals surface area contributed by atoms with Crippen molar-refractivity contribution in [3.63, 3.8) is 0 Å². The van der Waals surface area contributed by atoms with Crippen molar-refractivity contribution >= 4 is 5.97 Å². The molecule has 0 aliphatic carbocycles. The maximum absolute atomic E-state index is 13.5. The van der Waals surface area contributed by atoms with Crippen LogP contribution >= 0.6 is 0 Å². The van der Waals surface area contributed by atoms with Gasteiger partial charge in [0.1, 0.15) is 5.82 Å². The van der Waals surface area contributed by atoms with Gasteiger partial charge in [-0.2, -0.15) is 0 Å². The molecule has 18 heavy (non-hydrogen) atoms. The van der Waals surface area contributed by atoms with Crippen molar-refractivity contribution in [1.29, 1.82) is 0 Å². The quantitative estimate of drug-likeness (QED) is 0.799. The Balaban J connectivity index is 2.97. The normalized spacial score (nSPS) is 14.3. The van der Waals surface area contributed by atoms with Crippen molar-refractivity contribution < 1.29 is 23.1 Å². The Morgan fingerprint density at radius 2 is 2.00 bits per heavy atom. The first-order chi connectivity index (χ1) is 8.36. The Bertz CT molecular complexity index is 451. The van der Waals surface area contributed by atoms with E-state index in [4.69, 9.17) is 10.8 Å². The van der Waals surface area contributed by atoms with E-state index in [1.807, 2.05) is 0 Å². The Morgan fingerprint density at radius 1 is 1.39 bits per heavy atom. The number of aliphatic carboxylic acids is 1. The van der Waals surface area contributed by atoms with E-state index in [9.17, 15) is 18.0 Å². The second-order valence-corrected chi connectivity index (χ2v) is 4.20. The third kappa shape index (κ3) is 3.22. The van der Waals surface area contributed by atoms with Crippen LogP contribution in [0.3, 0.4) is 0 Å². The summed E-state index contributed by atoms with van der Waals surface area (Å²) in [5.41, 5.74) is 5.10. The number of nitrogens with two attached hydrogens (primary N) is 1. The summed E-state index contributed by atoms with van der Waals surface area (Å²) in [6.07, 6.45) is 0.0195. The van der Waals surface area contributed by atoms with E-state index >= 15 is 0 Å². The molecule has 6 heteroatoms. The predicted molar refractivity (Wildman–Crippen MR) is 59.5 cm³/mol. The van der Waals surface area contributed by atoms with E-state index in [1.54, 1.807) is 0 Å². The van der Waals surface area contributed by atoms with Crippen molar-refractivity contribution in [3.05, 3.63) is 35.1 Å². The molecular weight excluding hydrogens is 247 g/mol. The number of rotatable bonds is 5. The Morgan fingerprint density at radius 3 is 2.50 bits per heavy atom. The van der Waals surface area contributed by atoms with E-state index in [-0.39, 0.29) is 18.5 Å². The van der Waals surface area contributed by atoms with Gasteiger partial charge in [0, 0.05) is 12.6 Å². The summed E-state index contributed by atoms with van der Waals surface area (Å²) in [5, 5.41) is 8.83. The molecule has 3 nitrogen and oxygen atoms in total. The zero-order chi connectivity index (χ0) is 13.9. The molecule has 1 aromatic carbocycles. The maximum atomic E-state index is 13.5. The van der Waals surface area contributed by atoms with Gasteiger partial charge in [-0.05, 0) is 24.0 Å². The zero-order valence-electron chi connectivity index (χ0n) is 9.79. The lowest BCUT2D eigenvalue weighted by Gasteiger charge is -2.17. The van der Waals surface area contributed by atoms with Crippen LogP contribution in [0.25, 0.3) is 0 Å². The molecule has 0 spiro atoms. The van der Waals surface area contributed by atoms with Gasteiger partial charge >= 0.3 is 5.97 Å². The summed E-state index contributed by atoms with van der Waals surface area (Å²) in [4.78, 5) is 10.8. The highest BCUT2D eigenvalue weighted by Gasteiger charge is 2.23. The third-order valence-corrected chi connectivity index (χ3v) is 2.82. The lowest BCUT2D eigenvalue weighted by atomic mass is 9.89. The number of carboxylic acids is 1. The van der Waals surface area contributed by atoms with Gasteiger partial charge < -0.3 is 10.8 Å². The molecule has 100 valence electrons. The molecule has 0 saturated carbocycles. The number of halogens is 3. The number of carboxylic acid groups (broad SMARTS) is 1. The molecule has 0 aliphatic rings.